The third-order valence-corrected chi connectivity index (χ3v) is 5.33. The van der Waals surface area contributed by atoms with Gasteiger partial charge >= 0.3 is 0 Å². The number of sulfonamides is 1. The van der Waals surface area contributed by atoms with Crippen molar-refractivity contribution >= 4 is 27.6 Å². The summed E-state index contributed by atoms with van der Waals surface area (Å²) in [5, 5.41) is -0.250. The van der Waals surface area contributed by atoms with Crippen LogP contribution in [-0.2, 0) is 21.3 Å². The van der Waals surface area contributed by atoms with E-state index in [9.17, 15) is 12.8 Å². The molecule has 7 nitrogen and oxygen atoms in total. The highest BCUT2D eigenvalue weighted by Gasteiger charge is 2.17. The van der Waals surface area contributed by atoms with Crippen molar-refractivity contribution in [2.24, 2.45) is 0 Å². The summed E-state index contributed by atoms with van der Waals surface area (Å²) in [6, 6.07) is 4.86. The van der Waals surface area contributed by atoms with Gasteiger partial charge < -0.3 is 9.64 Å². The van der Waals surface area contributed by atoms with Crippen LogP contribution < -0.4 is 9.62 Å². The summed E-state index contributed by atoms with van der Waals surface area (Å²) >= 11 is 5.64. The van der Waals surface area contributed by atoms with Gasteiger partial charge in [-0.15, -0.1) is 0 Å². The maximum atomic E-state index is 13.2. The number of ether oxygens (including phenoxy) is 1. The van der Waals surface area contributed by atoms with Crippen LogP contribution in [0.25, 0.3) is 0 Å². The molecule has 0 aliphatic carbocycles. The van der Waals surface area contributed by atoms with Crippen molar-refractivity contribution < 1.29 is 17.5 Å². The summed E-state index contributed by atoms with van der Waals surface area (Å²) in [7, 11) is -3.83. The number of benzene rings is 1. The minimum Gasteiger partial charge on any atom is -0.378 e. The molecular formula is C15H16ClFN4O3S. The van der Waals surface area contributed by atoms with Crippen LogP contribution in [0.5, 0.6) is 0 Å². The molecule has 10 heteroatoms. The molecule has 2 heterocycles. The summed E-state index contributed by atoms with van der Waals surface area (Å²) in [5.74, 6) is -0.142. The SMILES string of the molecule is O=S(=O)(NCc1ccnc(N2CCOCC2)n1)c1ccc(F)c(Cl)c1. The summed E-state index contributed by atoms with van der Waals surface area (Å²) in [6.07, 6.45) is 1.58. The lowest BCUT2D eigenvalue weighted by molar-refractivity contribution is 0.122. The highest BCUT2D eigenvalue weighted by Crippen LogP contribution is 2.19. The number of hydrogen-bond acceptors (Lipinski definition) is 6. The van der Waals surface area contributed by atoms with Crippen molar-refractivity contribution in [1.82, 2.24) is 14.7 Å². The van der Waals surface area contributed by atoms with E-state index < -0.39 is 15.8 Å². The van der Waals surface area contributed by atoms with Crippen molar-refractivity contribution in [2.75, 3.05) is 31.2 Å². The molecule has 0 radical (unpaired) electrons. The standard InChI is InChI=1S/C15H16ClFN4O3S/c16-13-9-12(1-2-14(13)17)25(22,23)19-10-11-3-4-18-15(20-11)21-5-7-24-8-6-21/h1-4,9,19H,5-8,10H2. The number of halogens is 2. The lowest BCUT2D eigenvalue weighted by atomic mass is 10.3. The first-order valence-electron chi connectivity index (χ1n) is 7.55. The van der Waals surface area contributed by atoms with Crippen molar-refractivity contribution in [3.63, 3.8) is 0 Å². The number of rotatable bonds is 5. The maximum absolute atomic E-state index is 13.2. The van der Waals surface area contributed by atoms with Gasteiger partial charge in [-0.2, -0.15) is 0 Å². The molecule has 1 aromatic heterocycles. The van der Waals surface area contributed by atoms with Crippen molar-refractivity contribution in [2.45, 2.75) is 11.4 Å². The lowest BCUT2D eigenvalue weighted by Crippen LogP contribution is -2.37. The largest absolute Gasteiger partial charge is 0.378 e. The topological polar surface area (TPSA) is 84.4 Å². The van der Waals surface area contributed by atoms with Crippen molar-refractivity contribution in [3.05, 3.63) is 47.0 Å². The molecule has 0 spiro atoms. The number of anilines is 1. The molecule has 1 fully saturated rings. The molecule has 1 aliphatic rings. The van der Waals surface area contributed by atoms with E-state index in [0.29, 0.717) is 37.9 Å². The van der Waals surface area contributed by atoms with E-state index in [1.165, 1.54) is 0 Å². The monoisotopic (exact) mass is 386 g/mol. The van der Waals surface area contributed by atoms with Gasteiger partial charge in [-0.1, -0.05) is 11.6 Å². The Morgan fingerprint density at radius 3 is 2.76 bits per heavy atom. The Kier molecular flexibility index (Phi) is 5.48. The fraction of sp³-hybridized carbons (Fsp3) is 0.333. The molecule has 2 aromatic rings. The molecule has 134 valence electrons. The Balaban J connectivity index is 1.71. The Morgan fingerprint density at radius 1 is 1.28 bits per heavy atom. The van der Waals surface area contributed by atoms with Crippen LogP contribution in [0.2, 0.25) is 5.02 Å². The van der Waals surface area contributed by atoms with Gasteiger partial charge in [0.1, 0.15) is 5.82 Å². The van der Waals surface area contributed by atoms with E-state index in [2.05, 4.69) is 14.7 Å². The van der Waals surface area contributed by atoms with E-state index in [4.69, 9.17) is 16.3 Å². The van der Waals surface area contributed by atoms with Crippen LogP contribution in [0, 0.1) is 5.82 Å². The molecule has 0 amide bonds. The van der Waals surface area contributed by atoms with Gasteiger partial charge in [0.25, 0.3) is 0 Å². The van der Waals surface area contributed by atoms with Gasteiger partial charge in [0.15, 0.2) is 0 Å². The summed E-state index contributed by atoms with van der Waals surface area (Å²) in [5.41, 5.74) is 0.522. The third kappa shape index (κ3) is 4.43. The van der Waals surface area contributed by atoms with Crippen molar-refractivity contribution in [1.29, 1.82) is 0 Å². The fourth-order valence-corrected chi connectivity index (χ4v) is 3.57. The molecule has 1 aromatic carbocycles. The van der Waals surface area contributed by atoms with Crippen LogP contribution >= 0.6 is 11.6 Å². The summed E-state index contributed by atoms with van der Waals surface area (Å²) in [4.78, 5) is 10.4. The molecule has 0 unspecified atom stereocenters. The summed E-state index contributed by atoms with van der Waals surface area (Å²) < 4.78 is 45.5. The van der Waals surface area contributed by atoms with E-state index in [1.807, 2.05) is 4.90 Å². The maximum Gasteiger partial charge on any atom is 0.240 e. The number of nitrogens with zero attached hydrogens (tertiary/aromatic N) is 3. The number of hydrogen-bond donors (Lipinski definition) is 1. The first-order chi connectivity index (χ1) is 12.0. The quantitative estimate of drug-likeness (QED) is 0.840. The summed E-state index contributed by atoms with van der Waals surface area (Å²) in [6.45, 7) is 2.56. The van der Waals surface area contributed by atoms with E-state index in [1.54, 1.807) is 12.3 Å². The molecule has 0 bridgehead atoms. The first-order valence-corrected chi connectivity index (χ1v) is 9.41. The normalized spacial score (nSPS) is 15.4. The highest BCUT2D eigenvalue weighted by molar-refractivity contribution is 7.89. The Bertz CT molecular complexity index is 860. The number of aromatic nitrogens is 2. The van der Waals surface area contributed by atoms with Crippen LogP contribution in [0.1, 0.15) is 5.69 Å². The molecule has 1 saturated heterocycles. The van der Waals surface area contributed by atoms with Crippen LogP contribution in [0.3, 0.4) is 0 Å². The first kappa shape index (κ1) is 18.0. The highest BCUT2D eigenvalue weighted by atomic mass is 35.5. The fourth-order valence-electron chi connectivity index (χ4n) is 2.30. The minimum atomic E-state index is -3.83. The molecule has 25 heavy (non-hydrogen) atoms. The Labute approximate surface area is 149 Å². The zero-order valence-corrected chi connectivity index (χ0v) is 14.7. The second-order valence-corrected chi connectivity index (χ2v) is 7.52. The zero-order valence-electron chi connectivity index (χ0n) is 13.2. The average molecular weight is 387 g/mol. The molecular weight excluding hydrogens is 371 g/mol. The lowest BCUT2D eigenvalue weighted by Gasteiger charge is -2.26. The average Bonchev–Trinajstić information content (AvgIpc) is 2.63. The minimum absolute atomic E-state index is 0.0167. The van der Waals surface area contributed by atoms with Gasteiger partial charge in [-0.25, -0.2) is 27.5 Å². The molecule has 3 rings (SSSR count). The van der Waals surface area contributed by atoms with Crippen LogP contribution in [-0.4, -0.2) is 44.7 Å². The van der Waals surface area contributed by atoms with Gasteiger partial charge in [0.05, 0.1) is 35.4 Å². The second-order valence-electron chi connectivity index (χ2n) is 5.35. The predicted octanol–water partition coefficient (Wildman–Crippen LogP) is 1.58. The number of morpholine rings is 1. The van der Waals surface area contributed by atoms with Gasteiger partial charge in [0, 0.05) is 19.3 Å². The number of nitrogens with one attached hydrogen (secondary N) is 1. The van der Waals surface area contributed by atoms with Gasteiger partial charge in [0.2, 0.25) is 16.0 Å². The molecule has 1 aliphatic heterocycles. The van der Waals surface area contributed by atoms with E-state index in [-0.39, 0.29) is 16.5 Å². The smallest absolute Gasteiger partial charge is 0.240 e. The van der Waals surface area contributed by atoms with Gasteiger partial charge in [-0.3, -0.25) is 0 Å². The Morgan fingerprint density at radius 2 is 2.04 bits per heavy atom. The molecule has 1 N–H and O–H groups in total. The molecule has 0 atom stereocenters. The third-order valence-electron chi connectivity index (χ3n) is 3.64. The van der Waals surface area contributed by atoms with E-state index in [0.717, 1.165) is 18.2 Å². The van der Waals surface area contributed by atoms with Crippen LogP contribution in [0.15, 0.2) is 35.4 Å². The Hall–Kier alpha value is -1.81. The van der Waals surface area contributed by atoms with Crippen molar-refractivity contribution in [3.8, 4) is 0 Å². The van der Waals surface area contributed by atoms with E-state index >= 15 is 0 Å². The molecule has 0 saturated carbocycles. The zero-order chi connectivity index (χ0) is 17.9. The van der Waals surface area contributed by atoms with Gasteiger partial charge in [-0.05, 0) is 24.3 Å². The second kappa shape index (κ2) is 7.61. The predicted molar refractivity (Wildman–Crippen MR) is 90.5 cm³/mol. The van der Waals surface area contributed by atoms with Crippen LogP contribution in [0.4, 0.5) is 10.3 Å².